The van der Waals surface area contributed by atoms with Gasteiger partial charge in [-0.05, 0) is 6.92 Å². The summed E-state index contributed by atoms with van der Waals surface area (Å²) in [6, 6.07) is 0. The number of hydrogen-bond donors (Lipinski definition) is 1. The van der Waals surface area contributed by atoms with E-state index in [9.17, 15) is 0 Å². The monoisotopic (exact) mass is 264 g/mol. The third-order valence-corrected chi connectivity index (χ3v) is 1.33. The van der Waals surface area contributed by atoms with Gasteiger partial charge in [0.15, 0.2) is 0 Å². The second-order valence-electron chi connectivity index (χ2n) is 1.48. The number of azo groups is 1. The van der Waals surface area contributed by atoms with Gasteiger partial charge in [-0.25, -0.2) is 0 Å². The van der Waals surface area contributed by atoms with Crippen LogP contribution in [0.2, 0.25) is 0 Å². The number of allylic oxidation sites excluding steroid dienone is 1. The highest BCUT2D eigenvalue weighted by molar-refractivity contribution is 14.1. The molecule has 0 saturated heterocycles. The summed E-state index contributed by atoms with van der Waals surface area (Å²) in [5, 5.41) is 13.4. The molecule has 0 aromatic rings. The van der Waals surface area contributed by atoms with Crippen molar-refractivity contribution in [2.24, 2.45) is 10.2 Å². The molecule has 0 heterocycles. The first-order valence-electron chi connectivity index (χ1n) is 2.93. The maximum absolute atomic E-state index is 6.52. The normalized spacial score (nSPS) is 11.8. The average molecular weight is 264 g/mol. The lowest BCUT2D eigenvalue weighted by Gasteiger charge is -1.99. The highest BCUT2D eigenvalue weighted by Gasteiger charge is 1.79. The van der Waals surface area contributed by atoms with Crippen molar-refractivity contribution in [2.45, 2.75) is 6.92 Å². The second-order valence-corrected chi connectivity index (χ2v) is 2.60. The second kappa shape index (κ2) is 7.39. The van der Waals surface area contributed by atoms with Crippen molar-refractivity contribution in [1.82, 2.24) is 3.11 Å². The molecule has 0 aliphatic rings. The van der Waals surface area contributed by atoms with Crippen LogP contribution in [0.4, 0.5) is 0 Å². The van der Waals surface area contributed by atoms with E-state index in [1.54, 1.807) is 9.31 Å². The van der Waals surface area contributed by atoms with Gasteiger partial charge < -0.3 is 0 Å². The maximum atomic E-state index is 6.52. The Hall–Kier alpha value is -0.720. The van der Waals surface area contributed by atoms with Gasteiger partial charge in [0.25, 0.3) is 0 Å². The first-order chi connectivity index (χ1) is 5.31. The molecule has 1 N–H and O–H groups in total. The largest absolute Gasteiger partial charge is 0.296 e. The van der Waals surface area contributed by atoms with Crippen molar-refractivity contribution in [3.63, 3.8) is 0 Å². The van der Waals surface area contributed by atoms with Gasteiger partial charge in [0.2, 0.25) is 0 Å². The fourth-order valence-corrected chi connectivity index (χ4v) is 0.823. The summed E-state index contributed by atoms with van der Waals surface area (Å²) < 4.78 is 1.81. The van der Waals surface area contributed by atoms with E-state index in [2.05, 4.69) is 33.1 Å². The lowest BCUT2D eigenvalue weighted by Crippen LogP contribution is -1.87. The lowest BCUT2D eigenvalue weighted by atomic mass is 10.7. The average Bonchev–Trinajstić information content (AvgIpc) is 1.99. The Bertz CT molecular complexity index is 185. The zero-order valence-electron chi connectivity index (χ0n) is 6.11. The number of halogens is 1. The van der Waals surface area contributed by atoms with Crippen molar-refractivity contribution in [2.75, 3.05) is 0 Å². The van der Waals surface area contributed by atoms with Gasteiger partial charge in [0.05, 0.1) is 29.1 Å². The van der Waals surface area contributed by atoms with Crippen LogP contribution in [-0.2, 0) is 0 Å². The minimum atomic E-state index is 0.886. The van der Waals surface area contributed by atoms with E-state index >= 15 is 0 Å². The first kappa shape index (κ1) is 10.3. The van der Waals surface area contributed by atoms with Crippen LogP contribution in [0.3, 0.4) is 0 Å². The summed E-state index contributed by atoms with van der Waals surface area (Å²) in [6.07, 6.45) is 7.91. The Kier molecular flexibility index (Phi) is 6.90. The van der Waals surface area contributed by atoms with Crippen molar-refractivity contribution in [3.05, 3.63) is 24.7 Å². The van der Waals surface area contributed by atoms with Gasteiger partial charge in [0, 0.05) is 12.4 Å². The Labute approximate surface area is 79.7 Å². The standard InChI is InChI=1S/C6H9IN4/c1-2-4-11(7)5-3-9-10-6-8/h2-6,8H,1H3/b4-2-,5-3-,8-6?,10-9-. The zero-order valence-corrected chi connectivity index (χ0v) is 8.26. The number of hydrogen-bond acceptors (Lipinski definition) is 3. The summed E-state index contributed by atoms with van der Waals surface area (Å²) in [5.41, 5.74) is 0. The van der Waals surface area contributed by atoms with Gasteiger partial charge in [-0.3, -0.25) is 8.52 Å². The van der Waals surface area contributed by atoms with E-state index < -0.39 is 0 Å². The van der Waals surface area contributed by atoms with Crippen LogP contribution in [0.15, 0.2) is 34.9 Å². The molecule has 0 spiro atoms. The molecule has 0 aliphatic carbocycles. The molecule has 0 bridgehead atoms. The third kappa shape index (κ3) is 7.17. The van der Waals surface area contributed by atoms with Gasteiger partial charge in [0.1, 0.15) is 6.34 Å². The molecule has 0 aliphatic heterocycles. The Morgan fingerprint density at radius 3 is 2.64 bits per heavy atom. The predicted molar refractivity (Wildman–Crippen MR) is 53.5 cm³/mol. The van der Waals surface area contributed by atoms with E-state index in [-0.39, 0.29) is 0 Å². The highest BCUT2D eigenvalue weighted by atomic mass is 127. The van der Waals surface area contributed by atoms with E-state index in [0.29, 0.717) is 0 Å². The first-order valence-corrected chi connectivity index (χ1v) is 3.90. The number of rotatable bonds is 4. The lowest BCUT2D eigenvalue weighted by molar-refractivity contribution is 0.907. The minimum absolute atomic E-state index is 0.886. The van der Waals surface area contributed by atoms with Crippen LogP contribution in [0, 0.1) is 5.41 Å². The van der Waals surface area contributed by atoms with Crippen molar-refractivity contribution in [3.8, 4) is 0 Å². The summed E-state index contributed by atoms with van der Waals surface area (Å²) >= 11 is 2.09. The van der Waals surface area contributed by atoms with Crippen LogP contribution < -0.4 is 0 Å². The highest BCUT2D eigenvalue weighted by Crippen LogP contribution is 2.00. The van der Waals surface area contributed by atoms with E-state index in [0.717, 1.165) is 6.34 Å². The summed E-state index contributed by atoms with van der Waals surface area (Å²) in [6.45, 7) is 1.93. The molecular formula is C6H9IN4. The zero-order chi connectivity index (χ0) is 8.53. The van der Waals surface area contributed by atoms with Crippen molar-refractivity contribution < 1.29 is 0 Å². The third-order valence-electron chi connectivity index (χ3n) is 0.692. The molecule has 0 unspecified atom stereocenters. The van der Waals surface area contributed by atoms with Gasteiger partial charge in [-0.15, -0.1) is 5.11 Å². The quantitative estimate of drug-likeness (QED) is 0.274. The van der Waals surface area contributed by atoms with Crippen LogP contribution in [0.25, 0.3) is 0 Å². The van der Waals surface area contributed by atoms with E-state index in [1.165, 1.54) is 6.20 Å². The number of nitrogens with zero attached hydrogens (tertiary/aromatic N) is 3. The molecule has 0 amide bonds. The summed E-state index contributed by atoms with van der Waals surface area (Å²) in [5.74, 6) is 0. The van der Waals surface area contributed by atoms with E-state index in [1.807, 2.05) is 19.2 Å². The smallest absolute Gasteiger partial charge is 0.129 e. The molecule has 0 aromatic carbocycles. The molecule has 0 rings (SSSR count). The van der Waals surface area contributed by atoms with Crippen molar-refractivity contribution >= 4 is 29.2 Å². The molecular weight excluding hydrogens is 255 g/mol. The summed E-state index contributed by atoms with van der Waals surface area (Å²) in [7, 11) is 0. The van der Waals surface area contributed by atoms with Gasteiger partial charge >= 0.3 is 0 Å². The molecule has 0 radical (unpaired) electrons. The Morgan fingerprint density at radius 2 is 2.09 bits per heavy atom. The van der Waals surface area contributed by atoms with Crippen LogP contribution in [0.1, 0.15) is 6.92 Å². The van der Waals surface area contributed by atoms with Crippen molar-refractivity contribution in [1.29, 1.82) is 5.41 Å². The molecule has 4 nitrogen and oxygen atoms in total. The summed E-state index contributed by atoms with van der Waals surface area (Å²) in [4.78, 5) is 0. The molecule has 0 fully saturated rings. The number of nitrogens with one attached hydrogen (secondary N) is 1. The Balaban J connectivity index is 3.72. The molecule has 11 heavy (non-hydrogen) atoms. The van der Waals surface area contributed by atoms with Crippen LogP contribution in [-0.4, -0.2) is 9.45 Å². The molecule has 0 atom stereocenters. The SMILES string of the molecule is C/C=C\N(I)/C=C\N=N/C=N. The molecule has 0 saturated carbocycles. The predicted octanol–water partition coefficient (Wildman–Crippen LogP) is 2.70. The minimum Gasteiger partial charge on any atom is -0.296 e. The molecule has 60 valence electrons. The van der Waals surface area contributed by atoms with Crippen LogP contribution in [0.5, 0.6) is 0 Å². The molecule has 0 aromatic heterocycles. The fourth-order valence-electron chi connectivity index (χ4n) is 0.357. The van der Waals surface area contributed by atoms with Gasteiger partial charge in [-0.2, -0.15) is 5.11 Å². The van der Waals surface area contributed by atoms with Gasteiger partial charge in [-0.1, -0.05) is 6.08 Å². The molecule has 5 heteroatoms. The van der Waals surface area contributed by atoms with E-state index in [4.69, 9.17) is 5.41 Å². The maximum Gasteiger partial charge on any atom is 0.129 e. The van der Waals surface area contributed by atoms with Crippen LogP contribution >= 0.6 is 22.9 Å². The topological polar surface area (TPSA) is 51.8 Å². The Morgan fingerprint density at radius 1 is 1.36 bits per heavy atom. The fraction of sp³-hybridized carbons (Fsp3) is 0.167.